The number of carbonyl (C=O) groups excluding carboxylic acids is 1. The molecule has 1 aliphatic rings. The minimum atomic E-state index is -0.0822. The molecule has 0 bridgehead atoms. The maximum Gasteiger partial charge on any atom is 0.248 e. The molecule has 1 N–H and O–H groups in total. The van der Waals surface area contributed by atoms with E-state index < -0.39 is 0 Å². The summed E-state index contributed by atoms with van der Waals surface area (Å²) in [6.45, 7) is 6.61. The van der Waals surface area contributed by atoms with Crippen LogP contribution in [0.15, 0.2) is 18.5 Å². The molecule has 3 heterocycles. The standard InChI is InChI=1S/C14H20N6O/c1-9(2)13(21)17-14-16-12-7-10(3)11(8-20(12)18-14)19-6-4-5-15-19/h4-6,9-11H,7-8H2,1-3H3,(H,17,18,21). The van der Waals surface area contributed by atoms with Crippen LogP contribution in [0.1, 0.15) is 32.6 Å². The maximum atomic E-state index is 11.7. The van der Waals surface area contributed by atoms with Gasteiger partial charge in [-0.05, 0) is 12.0 Å². The largest absolute Gasteiger partial charge is 0.293 e. The zero-order valence-electron chi connectivity index (χ0n) is 12.5. The molecule has 0 saturated heterocycles. The van der Waals surface area contributed by atoms with Gasteiger partial charge in [0.15, 0.2) is 0 Å². The molecule has 2 unspecified atom stereocenters. The molecular formula is C14H20N6O. The molecule has 0 fully saturated rings. The van der Waals surface area contributed by atoms with E-state index in [-0.39, 0.29) is 17.9 Å². The van der Waals surface area contributed by atoms with E-state index in [1.165, 1.54) is 0 Å². The van der Waals surface area contributed by atoms with Gasteiger partial charge in [-0.3, -0.25) is 14.8 Å². The average molecular weight is 288 g/mol. The fraction of sp³-hybridized carbons (Fsp3) is 0.571. The topological polar surface area (TPSA) is 77.6 Å². The fourth-order valence-corrected chi connectivity index (χ4v) is 2.58. The second kappa shape index (κ2) is 5.31. The van der Waals surface area contributed by atoms with E-state index in [0.717, 1.165) is 18.8 Å². The quantitative estimate of drug-likeness (QED) is 0.928. The number of nitrogens with zero attached hydrogens (tertiary/aromatic N) is 5. The lowest BCUT2D eigenvalue weighted by atomic mass is 9.95. The first-order valence-corrected chi connectivity index (χ1v) is 7.28. The maximum absolute atomic E-state index is 11.7. The molecular weight excluding hydrogens is 268 g/mol. The Morgan fingerprint density at radius 3 is 2.95 bits per heavy atom. The number of anilines is 1. The Morgan fingerprint density at radius 1 is 1.48 bits per heavy atom. The third-order valence-electron chi connectivity index (χ3n) is 3.89. The molecule has 0 aromatic carbocycles. The lowest BCUT2D eigenvalue weighted by Crippen LogP contribution is -2.31. The predicted octanol–water partition coefficient (Wildman–Crippen LogP) is 1.50. The highest BCUT2D eigenvalue weighted by atomic mass is 16.2. The Labute approximate surface area is 123 Å². The van der Waals surface area contributed by atoms with Crippen molar-refractivity contribution in [3.05, 3.63) is 24.3 Å². The van der Waals surface area contributed by atoms with Crippen LogP contribution in [-0.4, -0.2) is 30.5 Å². The summed E-state index contributed by atoms with van der Waals surface area (Å²) in [6.07, 6.45) is 4.59. The van der Waals surface area contributed by atoms with Crippen molar-refractivity contribution < 1.29 is 4.79 Å². The lowest BCUT2D eigenvalue weighted by molar-refractivity contribution is -0.118. The Morgan fingerprint density at radius 2 is 2.29 bits per heavy atom. The SMILES string of the molecule is CC(C)C(=O)Nc1nc2n(n1)CC(n1cccn1)C(C)C2. The first-order valence-electron chi connectivity index (χ1n) is 7.28. The number of hydrogen-bond donors (Lipinski definition) is 1. The van der Waals surface area contributed by atoms with Crippen molar-refractivity contribution in [3.8, 4) is 0 Å². The van der Waals surface area contributed by atoms with Crippen molar-refractivity contribution in [3.63, 3.8) is 0 Å². The van der Waals surface area contributed by atoms with Gasteiger partial charge in [0, 0.05) is 24.7 Å². The number of nitrogens with one attached hydrogen (secondary N) is 1. The van der Waals surface area contributed by atoms with Crippen LogP contribution < -0.4 is 5.32 Å². The van der Waals surface area contributed by atoms with Crippen molar-refractivity contribution in [2.24, 2.45) is 11.8 Å². The van der Waals surface area contributed by atoms with Gasteiger partial charge in [0.1, 0.15) is 5.82 Å². The molecule has 2 aromatic heterocycles. The van der Waals surface area contributed by atoms with E-state index in [1.54, 1.807) is 6.20 Å². The highest BCUT2D eigenvalue weighted by Gasteiger charge is 2.29. The van der Waals surface area contributed by atoms with Crippen molar-refractivity contribution in [2.75, 3.05) is 5.32 Å². The van der Waals surface area contributed by atoms with Gasteiger partial charge < -0.3 is 0 Å². The molecule has 3 rings (SSSR count). The molecule has 0 radical (unpaired) electrons. The van der Waals surface area contributed by atoms with Crippen molar-refractivity contribution in [1.82, 2.24) is 24.5 Å². The van der Waals surface area contributed by atoms with E-state index in [4.69, 9.17) is 0 Å². The van der Waals surface area contributed by atoms with Crippen LogP contribution >= 0.6 is 0 Å². The molecule has 0 aliphatic carbocycles. The van der Waals surface area contributed by atoms with E-state index >= 15 is 0 Å². The summed E-state index contributed by atoms with van der Waals surface area (Å²) < 4.78 is 3.85. The Hall–Kier alpha value is -2.18. The van der Waals surface area contributed by atoms with Gasteiger partial charge in [0.25, 0.3) is 0 Å². The zero-order chi connectivity index (χ0) is 15.0. The molecule has 0 saturated carbocycles. The minimum absolute atomic E-state index is 0.0605. The zero-order valence-corrected chi connectivity index (χ0v) is 12.5. The Balaban J connectivity index is 1.80. The van der Waals surface area contributed by atoms with Gasteiger partial charge >= 0.3 is 0 Å². The summed E-state index contributed by atoms with van der Waals surface area (Å²) in [7, 11) is 0. The van der Waals surface area contributed by atoms with Crippen molar-refractivity contribution in [1.29, 1.82) is 0 Å². The van der Waals surface area contributed by atoms with Gasteiger partial charge in [-0.1, -0.05) is 20.8 Å². The second-order valence-corrected chi connectivity index (χ2v) is 5.91. The molecule has 7 heteroatoms. The van der Waals surface area contributed by atoms with Crippen LogP contribution in [0.25, 0.3) is 0 Å². The monoisotopic (exact) mass is 288 g/mol. The normalized spacial score (nSPS) is 21.3. The first kappa shape index (κ1) is 13.8. The second-order valence-electron chi connectivity index (χ2n) is 5.91. The van der Waals surface area contributed by atoms with Crippen LogP contribution in [0, 0.1) is 11.8 Å². The van der Waals surface area contributed by atoms with Gasteiger partial charge in [0.2, 0.25) is 11.9 Å². The highest BCUT2D eigenvalue weighted by Crippen LogP contribution is 2.28. The summed E-state index contributed by atoms with van der Waals surface area (Å²) >= 11 is 0. The van der Waals surface area contributed by atoms with Crippen LogP contribution in [0.4, 0.5) is 5.95 Å². The van der Waals surface area contributed by atoms with Crippen LogP contribution in [0.5, 0.6) is 0 Å². The molecule has 112 valence electrons. The van der Waals surface area contributed by atoms with Crippen LogP contribution in [0.3, 0.4) is 0 Å². The summed E-state index contributed by atoms with van der Waals surface area (Å²) in [5.74, 6) is 1.60. The molecule has 2 atom stereocenters. The smallest absolute Gasteiger partial charge is 0.248 e. The van der Waals surface area contributed by atoms with E-state index in [2.05, 4.69) is 27.4 Å². The number of amides is 1. The fourth-order valence-electron chi connectivity index (χ4n) is 2.58. The number of carbonyl (C=O) groups is 1. The third-order valence-corrected chi connectivity index (χ3v) is 3.89. The molecule has 7 nitrogen and oxygen atoms in total. The molecule has 21 heavy (non-hydrogen) atoms. The molecule has 2 aromatic rings. The van der Waals surface area contributed by atoms with E-state index in [9.17, 15) is 4.79 Å². The summed E-state index contributed by atoms with van der Waals surface area (Å²) in [5, 5.41) is 11.5. The van der Waals surface area contributed by atoms with E-state index in [0.29, 0.717) is 11.9 Å². The first-order chi connectivity index (χ1) is 10.0. The number of fused-ring (bicyclic) bond motifs is 1. The number of hydrogen-bond acceptors (Lipinski definition) is 4. The summed E-state index contributed by atoms with van der Waals surface area (Å²) in [4.78, 5) is 16.2. The predicted molar refractivity (Wildman–Crippen MR) is 77.6 cm³/mol. The van der Waals surface area contributed by atoms with Gasteiger partial charge in [-0.25, -0.2) is 4.68 Å². The molecule has 0 spiro atoms. The lowest BCUT2D eigenvalue weighted by Gasteiger charge is -2.28. The van der Waals surface area contributed by atoms with Gasteiger partial charge in [-0.15, -0.1) is 5.10 Å². The summed E-state index contributed by atoms with van der Waals surface area (Å²) in [5.41, 5.74) is 0. The number of aromatic nitrogens is 5. The average Bonchev–Trinajstić information content (AvgIpc) is 3.05. The summed E-state index contributed by atoms with van der Waals surface area (Å²) in [6, 6.07) is 2.19. The number of rotatable bonds is 3. The Bertz CT molecular complexity index is 630. The third kappa shape index (κ3) is 2.68. The molecule has 1 aliphatic heterocycles. The van der Waals surface area contributed by atoms with Gasteiger partial charge in [-0.2, -0.15) is 10.1 Å². The van der Waals surface area contributed by atoms with Crippen molar-refractivity contribution in [2.45, 2.75) is 39.8 Å². The Kier molecular flexibility index (Phi) is 3.48. The molecule has 1 amide bonds. The highest BCUT2D eigenvalue weighted by molar-refractivity contribution is 5.90. The van der Waals surface area contributed by atoms with Gasteiger partial charge in [0.05, 0.1) is 12.6 Å². The van der Waals surface area contributed by atoms with E-state index in [1.807, 2.05) is 35.5 Å². The van der Waals surface area contributed by atoms with Crippen molar-refractivity contribution >= 4 is 11.9 Å². The van der Waals surface area contributed by atoms with Crippen LogP contribution in [-0.2, 0) is 17.8 Å². The minimum Gasteiger partial charge on any atom is -0.293 e. The van der Waals surface area contributed by atoms with Crippen LogP contribution in [0.2, 0.25) is 0 Å².